The third-order valence-corrected chi connectivity index (χ3v) is 3.44. The van der Waals surface area contributed by atoms with Gasteiger partial charge in [-0.05, 0) is 13.0 Å². The Morgan fingerprint density at radius 1 is 1.10 bits per heavy atom. The van der Waals surface area contributed by atoms with E-state index in [0.29, 0.717) is 11.3 Å². The Balaban J connectivity index is 2.25. The maximum Gasteiger partial charge on any atom is 0.281 e. The van der Waals surface area contributed by atoms with Gasteiger partial charge >= 0.3 is 0 Å². The summed E-state index contributed by atoms with van der Waals surface area (Å²) < 4.78 is 0. The van der Waals surface area contributed by atoms with Crippen molar-refractivity contribution in [1.29, 1.82) is 0 Å². The molecule has 0 fully saturated rings. The number of nitrogens with zero attached hydrogens (tertiary/aromatic N) is 3. The van der Waals surface area contributed by atoms with Gasteiger partial charge in [0.15, 0.2) is 5.82 Å². The molecular weight excluding hydrogens is 290 g/mol. The summed E-state index contributed by atoms with van der Waals surface area (Å²) in [5, 5.41) is 11.4. The molecule has 0 aliphatic rings. The lowest BCUT2D eigenvalue weighted by Gasteiger charge is -2.05. The van der Waals surface area contributed by atoms with Gasteiger partial charge in [-0.3, -0.25) is 10.1 Å². The van der Waals surface area contributed by atoms with Crippen LogP contribution >= 0.6 is 11.6 Å². The van der Waals surface area contributed by atoms with E-state index < -0.39 is 4.92 Å². The predicted molar refractivity (Wildman–Crippen MR) is 81.4 cm³/mol. The number of hydrogen-bond donors (Lipinski definition) is 0. The molecule has 0 N–H and O–H groups in total. The van der Waals surface area contributed by atoms with Gasteiger partial charge in [0, 0.05) is 11.6 Å². The molecule has 6 heteroatoms. The monoisotopic (exact) mass is 299 g/mol. The van der Waals surface area contributed by atoms with Crippen molar-refractivity contribution < 1.29 is 4.92 Å². The van der Waals surface area contributed by atoms with Crippen molar-refractivity contribution in [2.45, 2.75) is 6.92 Å². The van der Waals surface area contributed by atoms with Crippen LogP contribution in [0, 0.1) is 17.0 Å². The highest BCUT2D eigenvalue weighted by Gasteiger charge is 2.17. The van der Waals surface area contributed by atoms with Crippen LogP contribution in [0.1, 0.15) is 5.56 Å². The molecule has 0 saturated heterocycles. The first-order chi connectivity index (χ1) is 10.1. The molecule has 0 unspecified atom stereocenters. The quantitative estimate of drug-likeness (QED) is 0.404. The average molecular weight is 300 g/mol. The number of aryl methyl sites for hydroxylation is 1. The standard InChI is InChI=1S/C15H10ClN3O2/c1-9-5-7-10(8-6-9)15-17-11-3-2-4-12(19(20)21)13(11)14(16)18-15/h2-8H,1H3. The summed E-state index contributed by atoms with van der Waals surface area (Å²) >= 11 is 6.14. The number of nitro groups is 1. The number of nitro benzene ring substituents is 1. The van der Waals surface area contributed by atoms with E-state index in [2.05, 4.69) is 9.97 Å². The predicted octanol–water partition coefficient (Wildman–Crippen LogP) is 4.17. The maximum absolute atomic E-state index is 11.1. The summed E-state index contributed by atoms with van der Waals surface area (Å²) in [7, 11) is 0. The van der Waals surface area contributed by atoms with Crippen LogP contribution in [-0.2, 0) is 0 Å². The number of benzene rings is 2. The molecular formula is C15H10ClN3O2. The Kier molecular flexibility index (Phi) is 3.27. The minimum atomic E-state index is -0.483. The molecule has 0 amide bonds. The third-order valence-electron chi connectivity index (χ3n) is 3.16. The van der Waals surface area contributed by atoms with Crippen LogP contribution < -0.4 is 0 Å². The number of fused-ring (bicyclic) bond motifs is 1. The van der Waals surface area contributed by atoms with Crippen molar-refractivity contribution in [3.05, 3.63) is 63.3 Å². The van der Waals surface area contributed by atoms with Gasteiger partial charge < -0.3 is 0 Å². The van der Waals surface area contributed by atoms with E-state index in [1.807, 2.05) is 31.2 Å². The van der Waals surface area contributed by atoms with Gasteiger partial charge in [-0.25, -0.2) is 9.97 Å². The van der Waals surface area contributed by atoms with E-state index >= 15 is 0 Å². The fraction of sp³-hybridized carbons (Fsp3) is 0.0667. The van der Waals surface area contributed by atoms with Crippen molar-refractivity contribution in [2.75, 3.05) is 0 Å². The van der Waals surface area contributed by atoms with Crippen molar-refractivity contribution in [1.82, 2.24) is 9.97 Å². The molecule has 3 rings (SSSR count). The first kappa shape index (κ1) is 13.5. The van der Waals surface area contributed by atoms with Crippen LogP contribution in [-0.4, -0.2) is 14.9 Å². The van der Waals surface area contributed by atoms with Crippen LogP contribution in [0.4, 0.5) is 5.69 Å². The SMILES string of the molecule is Cc1ccc(-c2nc(Cl)c3c([N+](=O)[O-])cccc3n2)cc1. The molecule has 104 valence electrons. The number of hydrogen-bond acceptors (Lipinski definition) is 4. The van der Waals surface area contributed by atoms with E-state index in [0.717, 1.165) is 11.1 Å². The Morgan fingerprint density at radius 3 is 2.48 bits per heavy atom. The normalized spacial score (nSPS) is 10.8. The number of rotatable bonds is 2. The molecule has 0 saturated carbocycles. The van der Waals surface area contributed by atoms with E-state index in [1.165, 1.54) is 6.07 Å². The smallest absolute Gasteiger partial charge is 0.258 e. The molecule has 0 aliphatic heterocycles. The zero-order valence-electron chi connectivity index (χ0n) is 11.1. The maximum atomic E-state index is 11.1. The highest BCUT2D eigenvalue weighted by atomic mass is 35.5. The molecule has 2 aromatic carbocycles. The van der Waals surface area contributed by atoms with Gasteiger partial charge in [0.25, 0.3) is 5.69 Å². The van der Waals surface area contributed by atoms with Crippen molar-refractivity contribution >= 4 is 28.2 Å². The third kappa shape index (κ3) is 2.43. The Morgan fingerprint density at radius 2 is 1.81 bits per heavy atom. The average Bonchev–Trinajstić information content (AvgIpc) is 2.47. The zero-order valence-corrected chi connectivity index (χ0v) is 11.8. The summed E-state index contributed by atoms with van der Waals surface area (Å²) in [4.78, 5) is 19.1. The highest BCUT2D eigenvalue weighted by Crippen LogP contribution is 2.31. The molecule has 21 heavy (non-hydrogen) atoms. The summed E-state index contributed by atoms with van der Waals surface area (Å²) in [6.45, 7) is 1.99. The second kappa shape index (κ2) is 5.10. The fourth-order valence-corrected chi connectivity index (χ4v) is 2.38. The summed E-state index contributed by atoms with van der Waals surface area (Å²) in [6, 6.07) is 12.3. The Hall–Kier alpha value is -2.53. The van der Waals surface area contributed by atoms with Crippen LogP contribution in [0.3, 0.4) is 0 Å². The second-order valence-electron chi connectivity index (χ2n) is 4.63. The topological polar surface area (TPSA) is 68.9 Å². The van der Waals surface area contributed by atoms with Crippen LogP contribution in [0.2, 0.25) is 5.15 Å². The van der Waals surface area contributed by atoms with Gasteiger partial charge in [-0.15, -0.1) is 0 Å². The molecule has 5 nitrogen and oxygen atoms in total. The van der Waals surface area contributed by atoms with Gasteiger partial charge in [0.05, 0.1) is 10.4 Å². The Labute approximate surface area is 125 Å². The first-order valence-corrected chi connectivity index (χ1v) is 6.62. The molecule has 0 atom stereocenters. The minimum absolute atomic E-state index is 0.0860. The van der Waals surface area contributed by atoms with Crippen LogP contribution in [0.25, 0.3) is 22.3 Å². The zero-order chi connectivity index (χ0) is 15.0. The lowest BCUT2D eigenvalue weighted by atomic mass is 10.1. The van der Waals surface area contributed by atoms with Gasteiger partial charge in [-0.2, -0.15) is 0 Å². The number of aromatic nitrogens is 2. The molecule has 0 bridgehead atoms. The molecule has 0 radical (unpaired) electrons. The first-order valence-electron chi connectivity index (χ1n) is 6.24. The molecule has 0 spiro atoms. The fourth-order valence-electron chi connectivity index (χ4n) is 2.10. The molecule has 1 heterocycles. The lowest BCUT2D eigenvalue weighted by Crippen LogP contribution is -1.96. The second-order valence-corrected chi connectivity index (χ2v) is 4.99. The molecule has 1 aromatic heterocycles. The van der Waals surface area contributed by atoms with Crippen LogP contribution in [0.5, 0.6) is 0 Å². The number of non-ortho nitro benzene ring substituents is 1. The molecule has 0 aliphatic carbocycles. The van der Waals surface area contributed by atoms with E-state index in [-0.39, 0.29) is 16.2 Å². The Bertz CT molecular complexity index is 847. The summed E-state index contributed by atoms with van der Waals surface area (Å²) in [6.07, 6.45) is 0. The minimum Gasteiger partial charge on any atom is -0.258 e. The van der Waals surface area contributed by atoms with E-state index in [4.69, 9.17) is 11.6 Å². The van der Waals surface area contributed by atoms with E-state index in [9.17, 15) is 10.1 Å². The van der Waals surface area contributed by atoms with Gasteiger partial charge in [0.1, 0.15) is 10.5 Å². The summed E-state index contributed by atoms with van der Waals surface area (Å²) in [5.41, 5.74) is 2.31. The van der Waals surface area contributed by atoms with Crippen molar-refractivity contribution in [3.63, 3.8) is 0 Å². The molecule has 3 aromatic rings. The van der Waals surface area contributed by atoms with Gasteiger partial charge in [-0.1, -0.05) is 47.5 Å². The van der Waals surface area contributed by atoms with Crippen molar-refractivity contribution in [3.8, 4) is 11.4 Å². The van der Waals surface area contributed by atoms with Gasteiger partial charge in [0.2, 0.25) is 0 Å². The lowest BCUT2D eigenvalue weighted by molar-refractivity contribution is -0.383. The largest absolute Gasteiger partial charge is 0.281 e. The summed E-state index contributed by atoms with van der Waals surface area (Å²) in [5.74, 6) is 0.452. The van der Waals surface area contributed by atoms with Crippen molar-refractivity contribution in [2.24, 2.45) is 0 Å². The van der Waals surface area contributed by atoms with E-state index in [1.54, 1.807) is 12.1 Å². The number of halogens is 1. The van der Waals surface area contributed by atoms with Crippen LogP contribution in [0.15, 0.2) is 42.5 Å². The highest BCUT2D eigenvalue weighted by molar-refractivity contribution is 6.35.